The summed E-state index contributed by atoms with van der Waals surface area (Å²) in [5.74, 6) is 0.474. The zero-order chi connectivity index (χ0) is 17.3. The second kappa shape index (κ2) is 6.35. The maximum Gasteiger partial charge on any atom is 0.258 e. The molecule has 0 radical (unpaired) electrons. The lowest BCUT2D eigenvalue weighted by Gasteiger charge is -2.23. The number of sulfone groups is 1. The smallest absolute Gasteiger partial charge is 0.258 e. The number of rotatable bonds is 4. The molecule has 0 saturated carbocycles. The second-order valence-corrected chi connectivity index (χ2v) is 8.32. The van der Waals surface area contributed by atoms with E-state index in [1.807, 2.05) is 0 Å². The lowest BCUT2D eigenvalue weighted by atomic mass is 10.2. The van der Waals surface area contributed by atoms with E-state index in [2.05, 4.69) is 9.97 Å². The molecule has 1 aromatic heterocycles. The van der Waals surface area contributed by atoms with Crippen molar-refractivity contribution in [2.75, 3.05) is 18.6 Å². The Morgan fingerprint density at radius 1 is 1.38 bits per heavy atom. The molecule has 0 spiro atoms. The van der Waals surface area contributed by atoms with Crippen molar-refractivity contribution < 1.29 is 13.2 Å². The Balaban J connectivity index is 1.67. The van der Waals surface area contributed by atoms with Crippen LogP contribution in [0.25, 0.3) is 10.9 Å². The molecule has 2 aromatic rings. The SMILES string of the molecule is CN(C(=O)CCc1nc2ccccc2c(=O)[nH]1)[C@@H]1CCS(=O)(=O)C1. The lowest BCUT2D eigenvalue weighted by Crippen LogP contribution is -2.38. The summed E-state index contributed by atoms with van der Waals surface area (Å²) < 4.78 is 23.0. The van der Waals surface area contributed by atoms with Gasteiger partial charge >= 0.3 is 0 Å². The van der Waals surface area contributed by atoms with E-state index in [4.69, 9.17) is 0 Å². The van der Waals surface area contributed by atoms with Crippen molar-refractivity contribution in [3.63, 3.8) is 0 Å². The van der Waals surface area contributed by atoms with Crippen LogP contribution in [0.3, 0.4) is 0 Å². The van der Waals surface area contributed by atoms with Crippen molar-refractivity contribution >= 4 is 26.6 Å². The Hall–Kier alpha value is -2.22. The van der Waals surface area contributed by atoms with Gasteiger partial charge < -0.3 is 9.88 Å². The van der Waals surface area contributed by atoms with E-state index in [9.17, 15) is 18.0 Å². The molecule has 8 heteroatoms. The van der Waals surface area contributed by atoms with E-state index in [0.29, 0.717) is 29.6 Å². The average molecular weight is 349 g/mol. The number of fused-ring (bicyclic) bond motifs is 1. The summed E-state index contributed by atoms with van der Waals surface area (Å²) in [6.45, 7) is 0. The van der Waals surface area contributed by atoms with Gasteiger partial charge in [0.1, 0.15) is 5.82 Å². The van der Waals surface area contributed by atoms with Crippen molar-refractivity contribution in [1.29, 1.82) is 0 Å². The Labute approximate surface area is 139 Å². The molecule has 0 aliphatic carbocycles. The predicted octanol–water partition coefficient (Wildman–Crippen LogP) is 0.501. The summed E-state index contributed by atoms with van der Waals surface area (Å²) >= 11 is 0. The first kappa shape index (κ1) is 16.6. The Kier molecular flexibility index (Phi) is 4.40. The highest BCUT2D eigenvalue weighted by atomic mass is 32.2. The largest absolute Gasteiger partial charge is 0.342 e. The summed E-state index contributed by atoms with van der Waals surface area (Å²) in [5.41, 5.74) is 0.372. The molecule has 1 saturated heterocycles. The zero-order valence-corrected chi connectivity index (χ0v) is 14.2. The number of nitrogens with zero attached hydrogens (tertiary/aromatic N) is 2. The van der Waals surface area contributed by atoms with Gasteiger partial charge in [-0.05, 0) is 18.6 Å². The number of carbonyl (C=O) groups is 1. The number of para-hydroxylation sites is 1. The van der Waals surface area contributed by atoms with E-state index in [-0.39, 0.29) is 35.4 Å². The first-order valence-electron chi connectivity index (χ1n) is 7.80. The van der Waals surface area contributed by atoms with Crippen LogP contribution in [0.15, 0.2) is 29.1 Å². The maximum absolute atomic E-state index is 12.3. The zero-order valence-electron chi connectivity index (χ0n) is 13.4. The minimum absolute atomic E-state index is 0.0281. The molecule has 128 valence electrons. The van der Waals surface area contributed by atoms with Gasteiger partial charge in [0, 0.05) is 25.9 Å². The van der Waals surface area contributed by atoms with Crippen LogP contribution in [0.4, 0.5) is 0 Å². The van der Waals surface area contributed by atoms with Gasteiger partial charge in [0.05, 0.1) is 22.4 Å². The third kappa shape index (κ3) is 3.48. The van der Waals surface area contributed by atoms with Gasteiger partial charge in [0.2, 0.25) is 5.91 Å². The number of hydrogen-bond donors (Lipinski definition) is 1. The van der Waals surface area contributed by atoms with Gasteiger partial charge in [-0.25, -0.2) is 13.4 Å². The van der Waals surface area contributed by atoms with Gasteiger partial charge in [-0.1, -0.05) is 12.1 Å². The quantitative estimate of drug-likeness (QED) is 0.866. The average Bonchev–Trinajstić information content (AvgIpc) is 2.92. The molecular weight excluding hydrogens is 330 g/mol. The van der Waals surface area contributed by atoms with Gasteiger partial charge in [-0.2, -0.15) is 0 Å². The fourth-order valence-corrected chi connectivity index (χ4v) is 4.71. The highest BCUT2D eigenvalue weighted by Gasteiger charge is 2.32. The van der Waals surface area contributed by atoms with Crippen molar-refractivity contribution in [2.24, 2.45) is 0 Å². The van der Waals surface area contributed by atoms with Crippen molar-refractivity contribution in [3.05, 3.63) is 40.4 Å². The lowest BCUT2D eigenvalue weighted by molar-refractivity contribution is -0.131. The van der Waals surface area contributed by atoms with E-state index in [1.54, 1.807) is 31.3 Å². The standard InChI is InChI=1S/C16H19N3O4S/c1-19(11-8-9-24(22,23)10-11)15(20)7-6-14-17-13-5-3-2-4-12(13)16(21)18-14/h2-5,11H,6-10H2,1H3,(H,17,18,21)/t11-/m1/s1. The van der Waals surface area contributed by atoms with Crippen LogP contribution in [0.5, 0.6) is 0 Å². The van der Waals surface area contributed by atoms with Crippen LogP contribution in [0.1, 0.15) is 18.7 Å². The number of aromatic amines is 1. The fourth-order valence-electron chi connectivity index (χ4n) is 2.94. The minimum atomic E-state index is -3.02. The Morgan fingerprint density at radius 2 is 2.12 bits per heavy atom. The van der Waals surface area contributed by atoms with Gasteiger partial charge in [-0.3, -0.25) is 9.59 Å². The molecule has 1 fully saturated rings. The normalized spacial score (nSPS) is 19.5. The van der Waals surface area contributed by atoms with Crippen LogP contribution in [0.2, 0.25) is 0 Å². The third-order valence-electron chi connectivity index (χ3n) is 4.39. The summed E-state index contributed by atoms with van der Waals surface area (Å²) in [6.07, 6.45) is 0.965. The first-order valence-corrected chi connectivity index (χ1v) is 9.62. The third-order valence-corrected chi connectivity index (χ3v) is 6.14. The molecule has 1 atom stereocenters. The number of nitrogens with one attached hydrogen (secondary N) is 1. The molecule has 0 unspecified atom stereocenters. The molecule has 0 bridgehead atoms. The maximum atomic E-state index is 12.3. The number of H-pyrrole nitrogens is 1. The summed E-state index contributed by atoms with van der Waals surface area (Å²) in [6, 6.07) is 6.77. The van der Waals surface area contributed by atoms with E-state index in [0.717, 1.165) is 0 Å². The highest BCUT2D eigenvalue weighted by molar-refractivity contribution is 7.91. The van der Waals surface area contributed by atoms with E-state index >= 15 is 0 Å². The molecule has 1 amide bonds. The van der Waals surface area contributed by atoms with Crippen molar-refractivity contribution in [1.82, 2.24) is 14.9 Å². The second-order valence-electron chi connectivity index (χ2n) is 6.09. The molecule has 24 heavy (non-hydrogen) atoms. The van der Waals surface area contributed by atoms with Gasteiger partial charge in [-0.15, -0.1) is 0 Å². The van der Waals surface area contributed by atoms with Gasteiger partial charge in [0.15, 0.2) is 9.84 Å². The summed E-state index contributed by atoms with van der Waals surface area (Å²) in [7, 11) is -1.40. The van der Waals surface area contributed by atoms with Crippen LogP contribution in [-0.2, 0) is 21.1 Å². The Morgan fingerprint density at radius 3 is 2.83 bits per heavy atom. The first-order chi connectivity index (χ1) is 11.4. The van der Waals surface area contributed by atoms with Crippen LogP contribution >= 0.6 is 0 Å². The predicted molar refractivity (Wildman–Crippen MR) is 90.5 cm³/mol. The van der Waals surface area contributed by atoms with Crippen LogP contribution in [-0.4, -0.2) is 53.8 Å². The topological polar surface area (TPSA) is 100 Å². The molecule has 1 aliphatic heterocycles. The number of benzene rings is 1. The number of carbonyl (C=O) groups excluding carboxylic acids is 1. The molecule has 3 rings (SSSR count). The number of hydrogen-bond acceptors (Lipinski definition) is 5. The molecular formula is C16H19N3O4S. The van der Waals surface area contributed by atoms with Gasteiger partial charge in [0.25, 0.3) is 5.56 Å². The molecule has 1 N–H and O–H groups in total. The van der Waals surface area contributed by atoms with E-state index < -0.39 is 9.84 Å². The molecule has 1 aromatic carbocycles. The summed E-state index contributed by atoms with van der Waals surface area (Å²) in [4.78, 5) is 32.8. The van der Waals surface area contributed by atoms with Crippen molar-refractivity contribution in [3.8, 4) is 0 Å². The van der Waals surface area contributed by atoms with Crippen LogP contribution < -0.4 is 5.56 Å². The highest BCUT2D eigenvalue weighted by Crippen LogP contribution is 2.17. The van der Waals surface area contributed by atoms with Crippen LogP contribution in [0, 0.1) is 0 Å². The minimum Gasteiger partial charge on any atom is -0.342 e. The molecule has 2 heterocycles. The summed E-state index contributed by atoms with van der Waals surface area (Å²) in [5, 5.41) is 0.515. The monoisotopic (exact) mass is 349 g/mol. The van der Waals surface area contributed by atoms with Crippen molar-refractivity contribution in [2.45, 2.75) is 25.3 Å². The fraction of sp³-hybridized carbons (Fsp3) is 0.438. The molecule has 7 nitrogen and oxygen atoms in total. The number of aromatic nitrogens is 2. The molecule has 1 aliphatic rings. The number of amides is 1. The number of aryl methyl sites for hydroxylation is 1. The Bertz CT molecular complexity index is 936. The van der Waals surface area contributed by atoms with E-state index in [1.165, 1.54) is 4.90 Å².